The molecule has 0 atom stereocenters. The summed E-state index contributed by atoms with van der Waals surface area (Å²) < 4.78 is 10.8. The first-order valence-corrected chi connectivity index (χ1v) is 5.75. The summed E-state index contributed by atoms with van der Waals surface area (Å²) in [6.07, 6.45) is 0.384. The third-order valence-electron chi connectivity index (χ3n) is 1.85. The molecule has 5 heteroatoms. The summed E-state index contributed by atoms with van der Waals surface area (Å²) >= 11 is 0. The van der Waals surface area contributed by atoms with E-state index in [9.17, 15) is 9.36 Å². The van der Waals surface area contributed by atoms with Crippen LogP contribution >= 0.6 is 7.60 Å². The van der Waals surface area contributed by atoms with E-state index in [1.807, 2.05) is 0 Å². The fourth-order valence-electron chi connectivity index (χ4n) is 1.05. The van der Waals surface area contributed by atoms with Crippen LogP contribution in [0.3, 0.4) is 0 Å². The van der Waals surface area contributed by atoms with E-state index in [2.05, 4.69) is 0 Å². The van der Waals surface area contributed by atoms with Crippen LogP contribution in [0, 0.1) is 0 Å². The fraction of sp³-hybridized carbons (Fsp3) is 0.222. The summed E-state index contributed by atoms with van der Waals surface area (Å²) in [6.45, 7) is 1.74. The molecule has 0 amide bonds. The SMILES string of the molecule is CCC(=O)c1ccc(P(=O)(O)O)cc1. The van der Waals surface area contributed by atoms with Crippen LogP contribution in [0.4, 0.5) is 0 Å². The van der Waals surface area contributed by atoms with Gasteiger partial charge in [0, 0.05) is 12.0 Å². The van der Waals surface area contributed by atoms with Gasteiger partial charge in [-0.2, -0.15) is 0 Å². The Labute approximate surface area is 81.7 Å². The highest BCUT2D eigenvalue weighted by molar-refractivity contribution is 7.60. The number of hydrogen-bond acceptors (Lipinski definition) is 2. The highest BCUT2D eigenvalue weighted by Crippen LogP contribution is 2.32. The summed E-state index contributed by atoms with van der Waals surface area (Å²) in [6, 6.07) is 5.42. The molecule has 0 aliphatic rings. The van der Waals surface area contributed by atoms with Gasteiger partial charge >= 0.3 is 7.60 Å². The number of hydrogen-bond donors (Lipinski definition) is 2. The summed E-state index contributed by atoms with van der Waals surface area (Å²) in [4.78, 5) is 28.8. The van der Waals surface area contributed by atoms with E-state index in [0.29, 0.717) is 12.0 Å². The highest BCUT2D eigenvalue weighted by Gasteiger charge is 2.16. The van der Waals surface area contributed by atoms with Crippen LogP contribution in [0.5, 0.6) is 0 Å². The minimum absolute atomic E-state index is 0.0396. The van der Waals surface area contributed by atoms with Crippen molar-refractivity contribution in [2.45, 2.75) is 13.3 Å². The summed E-state index contributed by atoms with van der Waals surface area (Å²) in [7, 11) is -4.19. The molecular formula is C9H11O4P. The normalized spacial score (nSPS) is 11.4. The molecule has 76 valence electrons. The standard InChI is InChI=1S/C9H11O4P/c1-2-9(10)7-3-5-8(6-4-7)14(11,12)13/h3-6H,2H2,1H3,(H2,11,12,13). The minimum Gasteiger partial charge on any atom is -0.321 e. The molecule has 0 saturated heterocycles. The molecule has 1 rings (SSSR count). The topological polar surface area (TPSA) is 74.6 Å². The summed E-state index contributed by atoms with van der Waals surface area (Å²) in [5.74, 6) is -0.0396. The van der Waals surface area contributed by atoms with Crippen molar-refractivity contribution in [3.63, 3.8) is 0 Å². The fourth-order valence-corrected chi connectivity index (χ4v) is 1.58. The maximum atomic E-state index is 11.2. The van der Waals surface area contributed by atoms with Gasteiger partial charge in [0.15, 0.2) is 5.78 Å². The second-order valence-corrected chi connectivity index (χ2v) is 4.47. The number of ketones is 1. The number of carbonyl (C=O) groups is 1. The number of Topliss-reactive ketones (excluding diaryl/α,β-unsaturated/α-hetero) is 1. The van der Waals surface area contributed by atoms with Gasteiger partial charge in [0.2, 0.25) is 0 Å². The zero-order valence-electron chi connectivity index (χ0n) is 7.67. The Morgan fingerprint density at radius 2 is 1.79 bits per heavy atom. The molecule has 0 unspecified atom stereocenters. The van der Waals surface area contributed by atoms with E-state index >= 15 is 0 Å². The van der Waals surface area contributed by atoms with Crippen LogP contribution < -0.4 is 5.30 Å². The van der Waals surface area contributed by atoms with E-state index in [1.165, 1.54) is 24.3 Å². The molecule has 0 aromatic heterocycles. The third-order valence-corrected chi connectivity index (χ3v) is 2.82. The molecule has 0 spiro atoms. The van der Waals surface area contributed by atoms with Crippen LogP contribution in [-0.2, 0) is 4.57 Å². The lowest BCUT2D eigenvalue weighted by molar-refractivity contribution is 0.0988. The Kier molecular flexibility index (Phi) is 3.21. The molecule has 0 heterocycles. The predicted molar refractivity (Wildman–Crippen MR) is 52.7 cm³/mol. The van der Waals surface area contributed by atoms with Crippen molar-refractivity contribution in [3.05, 3.63) is 29.8 Å². The Balaban J connectivity index is 3.01. The van der Waals surface area contributed by atoms with Gasteiger partial charge in [-0.3, -0.25) is 9.36 Å². The second-order valence-electron chi connectivity index (χ2n) is 2.87. The molecule has 0 radical (unpaired) electrons. The molecule has 0 saturated carbocycles. The van der Waals surface area contributed by atoms with Gasteiger partial charge in [-0.05, 0) is 12.1 Å². The molecular weight excluding hydrogens is 203 g/mol. The lowest BCUT2D eigenvalue weighted by Gasteiger charge is -2.04. The third kappa shape index (κ3) is 2.51. The molecule has 0 aliphatic carbocycles. The maximum absolute atomic E-state index is 11.2. The summed E-state index contributed by atoms with van der Waals surface area (Å²) in [5.41, 5.74) is 0.477. The first kappa shape index (κ1) is 11.1. The molecule has 1 aromatic carbocycles. The van der Waals surface area contributed by atoms with Crippen LogP contribution in [-0.4, -0.2) is 15.6 Å². The first-order valence-electron chi connectivity index (χ1n) is 4.14. The second kappa shape index (κ2) is 4.05. The van der Waals surface area contributed by atoms with Crippen molar-refractivity contribution in [1.82, 2.24) is 0 Å². The predicted octanol–water partition coefficient (Wildman–Crippen LogP) is 1.08. The maximum Gasteiger partial charge on any atom is 0.356 e. The first-order chi connectivity index (χ1) is 6.45. The van der Waals surface area contributed by atoms with Gasteiger partial charge < -0.3 is 9.79 Å². The molecule has 0 fully saturated rings. The monoisotopic (exact) mass is 214 g/mol. The Morgan fingerprint density at radius 1 is 1.29 bits per heavy atom. The van der Waals surface area contributed by atoms with E-state index in [-0.39, 0.29) is 11.1 Å². The van der Waals surface area contributed by atoms with Gasteiger partial charge in [0.25, 0.3) is 0 Å². The van der Waals surface area contributed by atoms with Gasteiger partial charge in [-0.15, -0.1) is 0 Å². The Morgan fingerprint density at radius 3 is 2.14 bits per heavy atom. The van der Waals surface area contributed by atoms with Crippen molar-refractivity contribution >= 4 is 18.7 Å². The van der Waals surface area contributed by atoms with Gasteiger partial charge in [-0.25, -0.2) is 0 Å². The van der Waals surface area contributed by atoms with Crippen LogP contribution in [0.25, 0.3) is 0 Å². The van der Waals surface area contributed by atoms with Gasteiger partial charge in [-0.1, -0.05) is 19.1 Å². The lowest BCUT2D eigenvalue weighted by atomic mass is 10.1. The van der Waals surface area contributed by atoms with E-state index < -0.39 is 7.60 Å². The number of carbonyl (C=O) groups excluding carboxylic acids is 1. The molecule has 2 N–H and O–H groups in total. The highest BCUT2D eigenvalue weighted by atomic mass is 31.2. The lowest BCUT2D eigenvalue weighted by Crippen LogP contribution is -2.05. The van der Waals surface area contributed by atoms with Crippen LogP contribution in [0.15, 0.2) is 24.3 Å². The molecule has 1 aromatic rings. The van der Waals surface area contributed by atoms with Crippen molar-refractivity contribution in [1.29, 1.82) is 0 Å². The molecule has 4 nitrogen and oxygen atoms in total. The van der Waals surface area contributed by atoms with E-state index in [4.69, 9.17) is 9.79 Å². The average molecular weight is 214 g/mol. The van der Waals surface area contributed by atoms with Crippen molar-refractivity contribution in [2.24, 2.45) is 0 Å². The van der Waals surface area contributed by atoms with Crippen molar-refractivity contribution < 1.29 is 19.1 Å². The number of rotatable bonds is 3. The molecule has 0 aliphatic heterocycles. The van der Waals surface area contributed by atoms with E-state index in [0.717, 1.165) is 0 Å². The van der Waals surface area contributed by atoms with Crippen LogP contribution in [0.1, 0.15) is 23.7 Å². The van der Waals surface area contributed by atoms with Crippen LogP contribution in [0.2, 0.25) is 0 Å². The molecule has 14 heavy (non-hydrogen) atoms. The zero-order valence-corrected chi connectivity index (χ0v) is 8.57. The van der Waals surface area contributed by atoms with Gasteiger partial charge in [0.05, 0.1) is 5.30 Å². The largest absolute Gasteiger partial charge is 0.356 e. The quantitative estimate of drug-likeness (QED) is 0.583. The van der Waals surface area contributed by atoms with E-state index in [1.54, 1.807) is 6.92 Å². The summed E-state index contributed by atoms with van der Waals surface area (Å²) in [5, 5.41) is -0.0647. The smallest absolute Gasteiger partial charge is 0.321 e. The van der Waals surface area contributed by atoms with Crippen molar-refractivity contribution in [3.8, 4) is 0 Å². The van der Waals surface area contributed by atoms with Gasteiger partial charge in [0.1, 0.15) is 0 Å². The van der Waals surface area contributed by atoms with Crippen molar-refractivity contribution in [2.75, 3.05) is 0 Å². The molecule has 0 bridgehead atoms. The minimum atomic E-state index is -4.19. The number of benzene rings is 1. The average Bonchev–Trinajstić information content (AvgIpc) is 2.15. The zero-order chi connectivity index (χ0) is 10.8. The Hall–Kier alpha value is -0.960. The Bertz CT molecular complexity index is 376.